The first-order valence-corrected chi connectivity index (χ1v) is 10.2. The van der Waals surface area contributed by atoms with Crippen LogP contribution in [0.25, 0.3) is 10.9 Å². The molecule has 2 amide bonds. The molecule has 0 spiro atoms. The predicted octanol–water partition coefficient (Wildman–Crippen LogP) is 3.92. The fraction of sp³-hybridized carbons (Fsp3) is 0.333. The second kappa shape index (κ2) is 8.11. The molecule has 2 N–H and O–H groups in total. The van der Waals surface area contributed by atoms with Crippen molar-refractivity contribution < 1.29 is 9.59 Å². The Labute approximate surface area is 171 Å². The van der Waals surface area contributed by atoms with Crippen molar-refractivity contribution in [2.45, 2.75) is 32.6 Å². The zero-order chi connectivity index (χ0) is 20.4. The molecule has 0 bridgehead atoms. The number of aromatic amines is 1. The van der Waals surface area contributed by atoms with E-state index in [0.717, 1.165) is 42.6 Å². The van der Waals surface area contributed by atoms with Gasteiger partial charge in [-0.3, -0.25) is 9.59 Å². The lowest BCUT2D eigenvalue weighted by molar-refractivity contribution is -0.131. The summed E-state index contributed by atoms with van der Waals surface area (Å²) in [6, 6.07) is 13.9. The van der Waals surface area contributed by atoms with Crippen molar-refractivity contribution in [3.63, 3.8) is 0 Å². The van der Waals surface area contributed by atoms with Gasteiger partial charge >= 0.3 is 0 Å². The van der Waals surface area contributed by atoms with Gasteiger partial charge in [0.15, 0.2) is 0 Å². The van der Waals surface area contributed by atoms with E-state index in [-0.39, 0.29) is 18.4 Å². The third kappa shape index (κ3) is 4.04. The summed E-state index contributed by atoms with van der Waals surface area (Å²) in [6.45, 7) is 5.49. The lowest BCUT2D eigenvalue weighted by Crippen LogP contribution is -2.43. The van der Waals surface area contributed by atoms with Gasteiger partial charge in [0.2, 0.25) is 5.91 Å². The van der Waals surface area contributed by atoms with Crippen molar-refractivity contribution in [1.29, 1.82) is 0 Å². The highest BCUT2D eigenvalue weighted by Gasteiger charge is 2.25. The van der Waals surface area contributed by atoms with E-state index in [2.05, 4.69) is 34.7 Å². The summed E-state index contributed by atoms with van der Waals surface area (Å²) in [5.74, 6) is 0.245. The Morgan fingerprint density at radius 2 is 1.83 bits per heavy atom. The molecule has 3 aromatic rings. The van der Waals surface area contributed by atoms with E-state index in [1.165, 1.54) is 10.9 Å². The third-order valence-corrected chi connectivity index (χ3v) is 6.08. The summed E-state index contributed by atoms with van der Waals surface area (Å²) in [4.78, 5) is 30.1. The van der Waals surface area contributed by atoms with Crippen LogP contribution < -0.4 is 5.32 Å². The monoisotopic (exact) mass is 389 g/mol. The van der Waals surface area contributed by atoms with E-state index < -0.39 is 0 Å². The number of rotatable bonds is 4. The Kier molecular flexibility index (Phi) is 5.38. The summed E-state index contributed by atoms with van der Waals surface area (Å²) >= 11 is 0. The molecule has 2 heterocycles. The Morgan fingerprint density at radius 3 is 2.59 bits per heavy atom. The van der Waals surface area contributed by atoms with Crippen molar-refractivity contribution in [2.24, 2.45) is 0 Å². The first-order valence-electron chi connectivity index (χ1n) is 10.2. The molecule has 1 fully saturated rings. The SMILES string of the molecule is Cc1ccc(C(=O)NCC(=O)N2CCC(c3c[nH]c4ccccc34)CC2)cc1C. The highest BCUT2D eigenvalue weighted by molar-refractivity contribution is 5.96. The zero-order valence-electron chi connectivity index (χ0n) is 17.0. The molecule has 0 atom stereocenters. The number of benzene rings is 2. The Hall–Kier alpha value is -3.08. The van der Waals surface area contributed by atoms with Crippen molar-refractivity contribution in [2.75, 3.05) is 19.6 Å². The van der Waals surface area contributed by atoms with Gasteiger partial charge in [0, 0.05) is 35.8 Å². The van der Waals surface area contributed by atoms with E-state index in [9.17, 15) is 9.59 Å². The van der Waals surface area contributed by atoms with E-state index in [0.29, 0.717) is 11.5 Å². The van der Waals surface area contributed by atoms with Crippen molar-refractivity contribution in [1.82, 2.24) is 15.2 Å². The van der Waals surface area contributed by atoms with E-state index in [4.69, 9.17) is 0 Å². The van der Waals surface area contributed by atoms with Crippen LogP contribution in [-0.2, 0) is 4.79 Å². The zero-order valence-corrected chi connectivity index (χ0v) is 17.0. The number of hydrogen-bond acceptors (Lipinski definition) is 2. The van der Waals surface area contributed by atoms with Gasteiger partial charge in [0.1, 0.15) is 0 Å². The molecule has 0 saturated carbocycles. The minimum atomic E-state index is -0.199. The number of aromatic nitrogens is 1. The standard InChI is InChI=1S/C24H27N3O2/c1-16-7-8-19(13-17(16)2)24(29)26-15-23(28)27-11-9-18(10-12-27)21-14-25-22-6-4-3-5-20(21)22/h3-8,13-14,18,25H,9-12,15H2,1-2H3,(H,26,29). The van der Waals surface area contributed by atoms with Crippen molar-refractivity contribution >= 4 is 22.7 Å². The first-order chi connectivity index (χ1) is 14.0. The van der Waals surface area contributed by atoms with Crippen molar-refractivity contribution in [3.8, 4) is 0 Å². The van der Waals surface area contributed by atoms with E-state index >= 15 is 0 Å². The molecular formula is C24H27N3O2. The molecule has 5 nitrogen and oxygen atoms in total. The van der Waals surface area contributed by atoms with Crippen LogP contribution in [0.3, 0.4) is 0 Å². The average molecular weight is 389 g/mol. The minimum Gasteiger partial charge on any atom is -0.361 e. The highest BCUT2D eigenvalue weighted by Crippen LogP contribution is 2.33. The average Bonchev–Trinajstić information content (AvgIpc) is 3.18. The van der Waals surface area contributed by atoms with Gasteiger partial charge in [0.25, 0.3) is 5.91 Å². The van der Waals surface area contributed by atoms with E-state index in [1.807, 2.05) is 36.9 Å². The van der Waals surface area contributed by atoms with Gasteiger partial charge in [-0.25, -0.2) is 0 Å². The molecule has 4 rings (SSSR count). The molecule has 1 aliphatic heterocycles. The number of likely N-dealkylation sites (tertiary alicyclic amines) is 1. The van der Waals surface area contributed by atoms with Crippen LogP contribution in [0.15, 0.2) is 48.7 Å². The molecule has 2 aromatic carbocycles. The van der Waals surface area contributed by atoms with Crippen LogP contribution in [0.5, 0.6) is 0 Å². The van der Waals surface area contributed by atoms with Gasteiger partial charge < -0.3 is 15.2 Å². The lowest BCUT2D eigenvalue weighted by atomic mass is 9.89. The Bertz CT molecular complexity index is 1050. The maximum atomic E-state index is 12.6. The first kappa shape index (κ1) is 19.2. The number of carbonyl (C=O) groups is 2. The normalized spacial score (nSPS) is 14.9. The highest BCUT2D eigenvalue weighted by atomic mass is 16.2. The number of carbonyl (C=O) groups excluding carboxylic acids is 2. The Morgan fingerprint density at radius 1 is 1.07 bits per heavy atom. The number of nitrogens with zero attached hydrogens (tertiary/aromatic N) is 1. The fourth-order valence-electron chi connectivity index (χ4n) is 4.12. The molecule has 0 aliphatic carbocycles. The third-order valence-electron chi connectivity index (χ3n) is 6.08. The van der Waals surface area contributed by atoms with E-state index in [1.54, 1.807) is 6.07 Å². The summed E-state index contributed by atoms with van der Waals surface area (Å²) in [5.41, 5.74) is 5.32. The second-order valence-electron chi connectivity index (χ2n) is 7.93. The van der Waals surface area contributed by atoms with Gasteiger partial charge in [-0.2, -0.15) is 0 Å². The minimum absolute atomic E-state index is 0.0143. The molecule has 29 heavy (non-hydrogen) atoms. The lowest BCUT2D eigenvalue weighted by Gasteiger charge is -2.32. The second-order valence-corrected chi connectivity index (χ2v) is 7.93. The largest absolute Gasteiger partial charge is 0.361 e. The van der Waals surface area contributed by atoms with Gasteiger partial charge in [0.05, 0.1) is 6.54 Å². The molecule has 0 radical (unpaired) electrons. The maximum Gasteiger partial charge on any atom is 0.251 e. The van der Waals surface area contributed by atoms with Crippen LogP contribution in [0.1, 0.15) is 45.8 Å². The topological polar surface area (TPSA) is 65.2 Å². The van der Waals surface area contributed by atoms with Gasteiger partial charge in [-0.1, -0.05) is 24.3 Å². The number of hydrogen-bond donors (Lipinski definition) is 2. The molecule has 1 aliphatic rings. The number of piperidine rings is 1. The van der Waals surface area contributed by atoms with Gasteiger partial charge in [-0.05, 0) is 67.5 Å². The summed E-state index contributed by atoms with van der Waals surface area (Å²) < 4.78 is 0. The Balaban J connectivity index is 1.31. The van der Waals surface area contributed by atoms with Crippen LogP contribution in [-0.4, -0.2) is 41.3 Å². The smallest absolute Gasteiger partial charge is 0.251 e. The van der Waals surface area contributed by atoms with Crippen LogP contribution in [0.4, 0.5) is 0 Å². The quantitative estimate of drug-likeness (QED) is 0.710. The molecule has 5 heteroatoms. The summed E-state index contributed by atoms with van der Waals surface area (Å²) in [6.07, 6.45) is 3.99. The van der Waals surface area contributed by atoms with Crippen LogP contribution in [0.2, 0.25) is 0 Å². The molecular weight excluding hydrogens is 362 g/mol. The fourth-order valence-corrected chi connectivity index (χ4v) is 4.12. The van der Waals surface area contributed by atoms with Crippen molar-refractivity contribution in [3.05, 3.63) is 70.9 Å². The molecule has 0 unspecified atom stereocenters. The van der Waals surface area contributed by atoms with Gasteiger partial charge in [-0.15, -0.1) is 0 Å². The molecule has 1 saturated heterocycles. The van der Waals surface area contributed by atoms with Crippen LogP contribution >= 0.6 is 0 Å². The number of amides is 2. The maximum absolute atomic E-state index is 12.6. The number of H-pyrrole nitrogens is 1. The van der Waals surface area contributed by atoms with Crippen LogP contribution in [0, 0.1) is 13.8 Å². The summed E-state index contributed by atoms with van der Waals surface area (Å²) in [5, 5.41) is 4.05. The number of aryl methyl sites for hydroxylation is 2. The predicted molar refractivity (Wildman–Crippen MR) is 115 cm³/mol. The number of fused-ring (bicyclic) bond motifs is 1. The molecule has 1 aromatic heterocycles. The molecule has 150 valence electrons. The number of para-hydroxylation sites is 1. The number of nitrogens with one attached hydrogen (secondary N) is 2. The summed E-state index contributed by atoms with van der Waals surface area (Å²) in [7, 11) is 0.